The molecule has 0 saturated carbocycles. The number of benzene rings is 3. The number of amides is 1. The summed E-state index contributed by atoms with van der Waals surface area (Å²) in [6.45, 7) is 2.00. The molecule has 0 heterocycles. The maximum absolute atomic E-state index is 12.2. The number of fused-ring (bicyclic) bond motifs is 1. The van der Waals surface area contributed by atoms with Crippen molar-refractivity contribution in [1.29, 1.82) is 0 Å². The fraction of sp³-hybridized carbons (Fsp3) is 0.150. The average molecular weight is 305 g/mol. The van der Waals surface area contributed by atoms with E-state index in [-0.39, 0.29) is 17.7 Å². The van der Waals surface area contributed by atoms with Crippen LogP contribution in [0.1, 0.15) is 24.1 Å². The Kier molecular flexibility index (Phi) is 4.29. The summed E-state index contributed by atoms with van der Waals surface area (Å²) in [7, 11) is 0. The van der Waals surface area contributed by atoms with Gasteiger partial charge >= 0.3 is 0 Å². The SMILES string of the molecule is CC(NC(=O)Cc1ccc(O)cc1)c1cccc2ccccc12. The van der Waals surface area contributed by atoms with Crippen LogP contribution in [0, 0.1) is 0 Å². The number of phenols is 1. The highest BCUT2D eigenvalue weighted by molar-refractivity contribution is 5.87. The third-order valence-corrected chi connectivity index (χ3v) is 3.97. The Morgan fingerprint density at radius 3 is 2.48 bits per heavy atom. The van der Waals surface area contributed by atoms with E-state index in [1.807, 2.05) is 31.2 Å². The number of rotatable bonds is 4. The fourth-order valence-electron chi connectivity index (χ4n) is 2.80. The highest BCUT2D eigenvalue weighted by atomic mass is 16.3. The molecule has 3 aromatic rings. The number of hydrogen-bond donors (Lipinski definition) is 2. The minimum atomic E-state index is -0.0642. The fourth-order valence-corrected chi connectivity index (χ4v) is 2.80. The van der Waals surface area contributed by atoms with Crippen molar-refractivity contribution in [3.63, 3.8) is 0 Å². The largest absolute Gasteiger partial charge is 0.508 e. The van der Waals surface area contributed by atoms with Gasteiger partial charge in [0.2, 0.25) is 5.91 Å². The number of carbonyl (C=O) groups is 1. The highest BCUT2D eigenvalue weighted by Gasteiger charge is 2.12. The van der Waals surface area contributed by atoms with Crippen LogP contribution in [0.5, 0.6) is 5.75 Å². The summed E-state index contributed by atoms with van der Waals surface area (Å²) in [4.78, 5) is 12.2. The zero-order valence-electron chi connectivity index (χ0n) is 13.0. The van der Waals surface area contributed by atoms with Crippen LogP contribution in [0.25, 0.3) is 10.8 Å². The lowest BCUT2D eigenvalue weighted by molar-refractivity contribution is -0.121. The molecule has 0 bridgehead atoms. The Bertz CT molecular complexity index is 819. The molecule has 0 aromatic heterocycles. The molecule has 1 unspecified atom stereocenters. The third-order valence-electron chi connectivity index (χ3n) is 3.97. The van der Waals surface area contributed by atoms with Crippen LogP contribution < -0.4 is 5.32 Å². The van der Waals surface area contributed by atoms with Crippen LogP contribution >= 0.6 is 0 Å². The van der Waals surface area contributed by atoms with E-state index in [1.165, 1.54) is 5.39 Å². The van der Waals surface area contributed by atoms with E-state index < -0.39 is 0 Å². The molecule has 0 radical (unpaired) electrons. The van der Waals surface area contributed by atoms with Gasteiger partial charge in [-0.05, 0) is 41.0 Å². The first kappa shape index (κ1) is 15.1. The van der Waals surface area contributed by atoms with Crippen molar-refractivity contribution in [2.75, 3.05) is 0 Å². The summed E-state index contributed by atoms with van der Waals surface area (Å²) in [5, 5.41) is 14.7. The van der Waals surface area contributed by atoms with Gasteiger partial charge in [0.05, 0.1) is 12.5 Å². The molecular weight excluding hydrogens is 286 g/mol. The smallest absolute Gasteiger partial charge is 0.224 e. The van der Waals surface area contributed by atoms with Gasteiger partial charge < -0.3 is 10.4 Å². The van der Waals surface area contributed by atoms with Crippen LogP contribution in [0.3, 0.4) is 0 Å². The molecule has 116 valence electrons. The number of hydrogen-bond acceptors (Lipinski definition) is 2. The first-order chi connectivity index (χ1) is 11.1. The summed E-state index contributed by atoms with van der Waals surface area (Å²) in [6, 6.07) is 21.0. The number of aromatic hydroxyl groups is 1. The van der Waals surface area contributed by atoms with Gasteiger partial charge in [-0.1, -0.05) is 54.6 Å². The maximum Gasteiger partial charge on any atom is 0.224 e. The molecule has 3 heteroatoms. The molecule has 0 aliphatic heterocycles. The number of carbonyl (C=O) groups excluding carboxylic acids is 1. The van der Waals surface area contributed by atoms with Crippen molar-refractivity contribution in [2.45, 2.75) is 19.4 Å². The van der Waals surface area contributed by atoms with E-state index in [1.54, 1.807) is 24.3 Å². The van der Waals surface area contributed by atoms with Crippen LogP contribution in [0.15, 0.2) is 66.7 Å². The number of phenolic OH excluding ortho intramolecular Hbond substituents is 1. The topological polar surface area (TPSA) is 49.3 Å². The summed E-state index contributed by atoms with van der Waals surface area (Å²) in [6.07, 6.45) is 0.301. The summed E-state index contributed by atoms with van der Waals surface area (Å²) in [5.41, 5.74) is 1.99. The molecule has 0 fully saturated rings. The van der Waals surface area contributed by atoms with Crippen molar-refractivity contribution < 1.29 is 9.90 Å². The van der Waals surface area contributed by atoms with E-state index in [0.717, 1.165) is 16.5 Å². The molecule has 3 nitrogen and oxygen atoms in total. The Morgan fingerprint density at radius 1 is 1.00 bits per heavy atom. The molecule has 0 spiro atoms. The molecule has 23 heavy (non-hydrogen) atoms. The lowest BCUT2D eigenvalue weighted by Gasteiger charge is -2.16. The number of nitrogens with one attached hydrogen (secondary N) is 1. The molecule has 1 atom stereocenters. The predicted octanol–water partition coefficient (Wildman–Crippen LogP) is 3.97. The van der Waals surface area contributed by atoms with Gasteiger partial charge in [0.15, 0.2) is 0 Å². The van der Waals surface area contributed by atoms with Crippen molar-refractivity contribution in [2.24, 2.45) is 0 Å². The Labute approximate surface area is 135 Å². The second-order valence-corrected chi connectivity index (χ2v) is 5.70. The van der Waals surface area contributed by atoms with E-state index in [2.05, 4.69) is 23.5 Å². The van der Waals surface area contributed by atoms with Gasteiger partial charge in [0, 0.05) is 0 Å². The molecular formula is C20H19NO2. The molecule has 0 aliphatic carbocycles. The molecule has 1 amide bonds. The minimum Gasteiger partial charge on any atom is -0.508 e. The molecule has 0 aliphatic rings. The average Bonchev–Trinajstić information content (AvgIpc) is 2.56. The Hall–Kier alpha value is -2.81. The Morgan fingerprint density at radius 2 is 1.70 bits per heavy atom. The van der Waals surface area contributed by atoms with Crippen LogP contribution in [-0.4, -0.2) is 11.0 Å². The second-order valence-electron chi connectivity index (χ2n) is 5.70. The molecule has 3 rings (SSSR count). The van der Waals surface area contributed by atoms with Gasteiger partial charge in [0.25, 0.3) is 0 Å². The van der Waals surface area contributed by atoms with E-state index in [4.69, 9.17) is 0 Å². The summed E-state index contributed by atoms with van der Waals surface area (Å²) in [5.74, 6) is 0.175. The molecule has 3 aromatic carbocycles. The van der Waals surface area contributed by atoms with Gasteiger partial charge in [-0.3, -0.25) is 4.79 Å². The first-order valence-electron chi connectivity index (χ1n) is 7.68. The maximum atomic E-state index is 12.2. The molecule has 2 N–H and O–H groups in total. The highest BCUT2D eigenvalue weighted by Crippen LogP contribution is 2.24. The third kappa shape index (κ3) is 3.51. The van der Waals surface area contributed by atoms with Gasteiger partial charge in [-0.15, -0.1) is 0 Å². The quantitative estimate of drug-likeness (QED) is 0.766. The van der Waals surface area contributed by atoms with Crippen molar-refractivity contribution in [1.82, 2.24) is 5.32 Å². The summed E-state index contributed by atoms with van der Waals surface area (Å²) < 4.78 is 0. The van der Waals surface area contributed by atoms with E-state index in [0.29, 0.717) is 6.42 Å². The lowest BCUT2D eigenvalue weighted by Crippen LogP contribution is -2.28. The van der Waals surface area contributed by atoms with Crippen LogP contribution in [0.2, 0.25) is 0 Å². The molecule has 0 saturated heterocycles. The zero-order valence-corrected chi connectivity index (χ0v) is 13.0. The predicted molar refractivity (Wildman–Crippen MR) is 92.3 cm³/mol. The van der Waals surface area contributed by atoms with Crippen molar-refractivity contribution in [3.05, 3.63) is 77.9 Å². The van der Waals surface area contributed by atoms with Gasteiger partial charge in [-0.2, -0.15) is 0 Å². The van der Waals surface area contributed by atoms with E-state index >= 15 is 0 Å². The lowest BCUT2D eigenvalue weighted by atomic mass is 9.99. The first-order valence-corrected chi connectivity index (χ1v) is 7.68. The second kappa shape index (κ2) is 6.53. The normalized spacial score (nSPS) is 12.0. The minimum absolute atomic E-state index is 0.0314. The monoisotopic (exact) mass is 305 g/mol. The van der Waals surface area contributed by atoms with Crippen molar-refractivity contribution in [3.8, 4) is 5.75 Å². The standard InChI is InChI=1S/C20H19NO2/c1-14(18-8-4-6-16-5-2-3-7-19(16)18)21-20(23)13-15-9-11-17(22)12-10-15/h2-12,14,22H,13H2,1H3,(H,21,23). The Balaban J connectivity index is 1.74. The van der Waals surface area contributed by atoms with Crippen molar-refractivity contribution >= 4 is 16.7 Å². The van der Waals surface area contributed by atoms with Crippen LogP contribution in [-0.2, 0) is 11.2 Å². The van der Waals surface area contributed by atoms with E-state index in [9.17, 15) is 9.90 Å². The van der Waals surface area contributed by atoms with Crippen LogP contribution in [0.4, 0.5) is 0 Å². The summed E-state index contributed by atoms with van der Waals surface area (Å²) >= 11 is 0. The van der Waals surface area contributed by atoms with Gasteiger partial charge in [-0.25, -0.2) is 0 Å². The van der Waals surface area contributed by atoms with Gasteiger partial charge in [0.1, 0.15) is 5.75 Å². The zero-order chi connectivity index (χ0) is 16.2.